The minimum Gasteiger partial charge on any atom is -0.395 e. The van der Waals surface area contributed by atoms with Gasteiger partial charge in [0.2, 0.25) is 0 Å². The van der Waals surface area contributed by atoms with Crippen molar-refractivity contribution in [1.29, 1.82) is 0 Å². The first-order valence-electron chi connectivity index (χ1n) is 5.52. The minimum atomic E-state index is 0.110. The topological polar surface area (TPSA) is 49.2 Å². The van der Waals surface area contributed by atoms with Crippen molar-refractivity contribution in [2.24, 2.45) is 0 Å². The highest BCUT2D eigenvalue weighted by atomic mass is 16.3. The zero-order chi connectivity index (χ0) is 12.1. The lowest BCUT2D eigenvalue weighted by molar-refractivity contribution is 0.303. The molecular formula is C13H15N3O. The van der Waals surface area contributed by atoms with E-state index in [1.807, 2.05) is 54.4 Å². The van der Waals surface area contributed by atoms with Gasteiger partial charge in [-0.2, -0.15) is 0 Å². The number of nitrogens with zero attached hydrogens (tertiary/aromatic N) is 3. The van der Waals surface area contributed by atoms with Gasteiger partial charge < -0.3 is 10.0 Å². The van der Waals surface area contributed by atoms with Crippen LogP contribution in [0, 0.1) is 0 Å². The van der Waals surface area contributed by atoms with E-state index in [0.29, 0.717) is 6.54 Å². The summed E-state index contributed by atoms with van der Waals surface area (Å²) in [6.45, 7) is 0.665. The number of hydrogen-bond donors (Lipinski definition) is 1. The van der Waals surface area contributed by atoms with Crippen LogP contribution in [0.3, 0.4) is 0 Å². The van der Waals surface area contributed by atoms with Crippen LogP contribution in [-0.4, -0.2) is 35.5 Å². The molecule has 2 rings (SSSR count). The Morgan fingerprint density at radius 3 is 2.41 bits per heavy atom. The minimum absolute atomic E-state index is 0.110. The molecule has 1 N–H and O–H groups in total. The molecule has 4 nitrogen and oxygen atoms in total. The predicted molar refractivity (Wildman–Crippen MR) is 67.8 cm³/mol. The van der Waals surface area contributed by atoms with Crippen LogP contribution >= 0.6 is 0 Å². The summed E-state index contributed by atoms with van der Waals surface area (Å²) in [7, 11) is 1.88. The van der Waals surface area contributed by atoms with Gasteiger partial charge in [0.05, 0.1) is 12.3 Å². The lowest BCUT2D eigenvalue weighted by Gasteiger charge is -2.15. The van der Waals surface area contributed by atoms with Gasteiger partial charge in [0.1, 0.15) is 0 Å². The van der Waals surface area contributed by atoms with Crippen molar-refractivity contribution >= 4 is 5.82 Å². The van der Waals surface area contributed by atoms with Crippen molar-refractivity contribution < 1.29 is 5.11 Å². The fourth-order valence-corrected chi connectivity index (χ4v) is 1.56. The summed E-state index contributed by atoms with van der Waals surface area (Å²) >= 11 is 0. The number of hydrogen-bond acceptors (Lipinski definition) is 4. The first-order valence-corrected chi connectivity index (χ1v) is 5.52. The third-order valence-corrected chi connectivity index (χ3v) is 2.55. The summed E-state index contributed by atoms with van der Waals surface area (Å²) in [6, 6.07) is 13.8. The molecule has 1 aromatic carbocycles. The number of likely N-dealkylation sites (N-methyl/N-ethyl adjacent to an activating group) is 1. The summed E-state index contributed by atoms with van der Waals surface area (Å²) < 4.78 is 0. The molecule has 0 bridgehead atoms. The Morgan fingerprint density at radius 2 is 1.82 bits per heavy atom. The Balaban J connectivity index is 2.19. The van der Waals surface area contributed by atoms with Gasteiger partial charge in [0.15, 0.2) is 5.82 Å². The molecule has 0 aliphatic rings. The van der Waals surface area contributed by atoms with Crippen LogP contribution in [-0.2, 0) is 0 Å². The molecule has 0 fully saturated rings. The van der Waals surface area contributed by atoms with E-state index in [9.17, 15) is 0 Å². The number of anilines is 1. The highest BCUT2D eigenvalue weighted by Gasteiger charge is 2.03. The fraction of sp³-hybridized carbons (Fsp3) is 0.231. The molecule has 0 saturated carbocycles. The second kappa shape index (κ2) is 5.41. The van der Waals surface area contributed by atoms with Crippen LogP contribution in [0.25, 0.3) is 11.3 Å². The molecule has 0 aliphatic heterocycles. The number of benzene rings is 1. The van der Waals surface area contributed by atoms with E-state index in [-0.39, 0.29) is 6.61 Å². The Kier molecular flexibility index (Phi) is 3.67. The van der Waals surface area contributed by atoms with Gasteiger partial charge >= 0.3 is 0 Å². The molecule has 17 heavy (non-hydrogen) atoms. The maximum absolute atomic E-state index is 8.84. The summed E-state index contributed by atoms with van der Waals surface area (Å²) in [5, 5.41) is 17.2. The van der Waals surface area contributed by atoms with Crippen LogP contribution < -0.4 is 4.90 Å². The lowest BCUT2D eigenvalue weighted by Crippen LogP contribution is -2.22. The van der Waals surface area contributed by atoms with Crippen molar-refractivity contribution in [2.75, 3.05) is 25.1 Å². The third-order valence-electron chi connectivity index (χ3n) is 2.55. The van der Waals surface area contributed by atoms with Gasteiger partial charge in [0.25, 0.3) is 0 Å². The Morgan fingerprint density at radius 1 is 1.06 bits per heavy atom. The van der Waals surface area contributed by atoms with E-state index in [1.165, 1.54) is 0 Å². The first kappa shape index (κ1) is 11.5. The first-order chi connectivity index (χ1) is 8.31. The molecule has 4 heteroatoms. The van der Waals surface area contributed by atoms with Crippen molar-refractivity contribution in [3.8, 4) is 11.3 Å². The molecule has 0 aliphatic carbocycles. The van der Waals surface area contributed by atoms with Crippen molar-refractivity contribution in [2.45, 2.75) is 0 Å². The van der Waals surface area contributed by atoms with Crippen LogP contribution in [0.5, 0.6) is 0 Å². The molecular weight excluding hydrogens is 214 g/mol. The van der Waals surface area contributed by atoms with E-state index < -0.39 is 0 Å². The fourth-order valence-electron chi connectivity index (χ4n) is 1.56. The average molecular weight is 229 g/mol. The van der Waals surface area contributed by atoms with Gasteiger partial charge in [-0.15, -0.1) is 10.2 Å². The van der Waals surface area contributed by atoms with Gasteiger partial charge in [0, 0.05) is 19.2 Å². The molecule has 0 unspecified atom stereocenters. The molecule has 0 amide bonds. The lowest BCUT2D eigenvalue weighted by atomic mass is 10.1. The summed E-state index contributed by atoms with van der Waals surface area (Å²) in [5.41, 5.74) is 1.91. The zero-order valence-corrected chi connectivity index (χ0v) is 9.74. The monoisotopic (exact) mass is 229 g/mol. The van der Waals surface area contributed by atoms with Crippen LogP contribution in [0.4, 0.5) is 5.82 Å². The van der Waals surface area contributed by atoms with Crippen molar-refractivity contribution in [3.05, 3.63) is 42.5 Å². The molecule has 0 saturated heterocycles. The second-order valence-corrected chi connectivity index (χ2v) is 3.79. The molecule has 2 aromatic rings. The largest absolute Gasteiger partial charge is 0.395 e. The van der Waals surface area contributed by atoms with Crippen molar-refractivity contribution in [1.82, 2.24) is 10.2 Å². The highest BCUT2D eigenvalue weighted by molar-refractivity contribution is 5.59. The third kappa shape index (κ3) is 2.79. The number of aromatic nitrogens is 2. The Hall–Kier alpha value is -1.94. The second-order valence-electron chi connectivity index (χ2n) is 3.79. The maximum atomic E-state index is 8.84. The summed E-state index contributed by atoms with van der Waals surface area (Å²) in [4.78, 5) is 1.86. The predicted octanol–water partition coefficient (Wildman–Crippen LogP) is 1.57. The highest BCUT2D eigenvalue weighted by Crippen LogP contribution is 2.17. The number of aliphatic hydroxyl groups excluding tert-OH is 1. The molecule has 88 valence electrons. The van der Waals surface area contributed by atoms with Crippen LogP contribution in [0.15, 0.2) is 42.5 Å². The van der Waals surface area contributed by atoms with Gasteiger partial charge in [-0.3, -0.25) is 0 Å². The van der Waals surface area contributed by atoms with E-state index in [4.69, 9.17) is 5.11 Å². The van der Waals surface area contributed by atoms with Gasteiger partial charge in [-0.25, -0.2) is 0 Å². The van der Waals surface area contributed by atoms with Crippen LogP contribution in [0.2, 0.25) is 0 Å². The van der Waals surface area contributed by atoms with Crippen molar-refractivity contribution in [3.63, 3.8) is 0 Å². The standard InChI is InChI=1S/C13H15N3O/c1-16(9-10-17)13-8-7-12(14-15-13)11-5-3-2-4-6-11/h2-8,17H,9-10H2,1H3. The van der Waals surface area contributed by atoms with Gasteiger partial charge in [-0.05, 0) is 12.1 Å². The zero-order valence-electron chi connectivity index (χ0n) is 9.74. The molecule has 1 aromatic heterocycles. The molecule has 0 spiro atoms. The van der Waals surface area contributed by atoms with Crippen LogP contribution in [0.1, 0.15) is 0 Å². The van der Waals surface area contributed by atoms with Gasteiger partial charge in [-0.1, -0.05) is 30.3 Å². The van der Waals surface area contributed by atoms with E-state index >= 15 is 0 Å². The molecule has 1 heterocycles. The maximum Gasteiger partial charge on any atom is 0.151 e. The summed E-state index contributed by atoms with van der Waals surface area (Å²) in [6.07, 6.45) is 0. The SMILES string of the molecule is CN(CCO)c1ccc(-c2ccccc2)nn1. The van der Waals surface area contributed by atoms with E-state index in [1.54, 1.807) is 0 Å². The average Bonchev–Trinajstić information content (AvgIpc) is 2.40. The van der Waals surface area contributed by atoms with E-state index in [0.717, 1.165) is 17.1 Å². The smallest absolute Gasteiger partial charge is 0.151 e. The van der Waals surface area contributed by atoms with E-state index in [2.05, 4.69) is 10.2 Å². The molecule has 0 atom stereocenters. The number of rotatable bonds is 4. The Bertz CT molecular complexity index is 456. The number of aliphatic hydroxyl groups is 1. The quantitative estimate of drug-likeness (QED) is 0.864. The Labute approximate surface area is 101 Å². The normalized spacial score (nSPS) is 10.2. The molecule has 0 radical (unpaired) electrons. The summed E-state index contributed by atoms with van der Waals surface area (Å²) in [5.74, 6) is 0.763.